The molecule has 26 heavy (non-hydrogen) atoms. The van der Waals surface area contributed by atoms with E-state index < -0.39 is 0 Å². The summed E-state index contributed by atoms with van der Waals surface area (Å²) in [5, 5.41) is 0. The van der Waals surface area contributed by atoms with Crippen LogP contribution in [-0.4, -0.2) is 77.6 Å². The molecule has 0 aliphatic heterocycles. The summed E-state index contributed by atoms with van der Waals surface area (Å²) in [6, 6.07) is 0. The molecule has 0 N–H and O–H groups in total. The molecule has 0 aliphatic rings. The molecule has 0 saturated heterocycles. The largest absolute Gasteiger partial charge is 0.379 e. The van der Waals surface area contributed by atoms with E-state index >= 15 is 0 Å². The smallest absolute Gasteiger partial charge is 0.137 e. The maximum absolute atomic E-state index is 11.4. The molecule has 0 amide bonds. The number of carbonyl (C=O) groups excluding carboxylic acids is 2. The first-order valence-corrected chi connectivity index (χ1v) is 9.51. The van der Waals surface area contributed by atoms with Crippen molar-refractivity contribution in [3.8, 4) is 0 Å². The van der Waals surface area contributed by atoms with Gasteiger partial charge in [-0.15, -0.1) is 0 Å². The van der Waals surface area contributed by atoms with E-state index in [1.54, 1.807) is 0 Å². The van der Waals surface area contributed by atoms with Crippen molar-refractivity contribution in [1.29, 1.82) is 0 Å². The van der Waals surface area contributed by atoms with E-state index in [4.69, 9.17) is 23.7 Å². The predicted molar refractivity (Wildman–Crippen MR) is 98.5 cm³/mol. The molecule has 7 heteroatoms. The lowest BCUT2D eigenvalue weighted by molar-refractivity contribution is -0.123. The molecule has 0 radical (unpaired) electrons. The highest BCUT2D eigenvalue weighted by Crippen LogP contribution is 1.98. The number of carbonyl (C=O) groups is 2. The zero-order valence-corrected chi connectivity index (χ0v) is 16.6. The van der Waals surface area contributed by atoms with Gasteiger partial charge in [0.25, 0.3) is 0 Å². The first kappa shape index (κ1) is 25.1. The molecule has 0 aromatic rings. The Morgan fingerprint density at radius 3 is 1.31 bits per heavy atom. The van der Waals surface area contributed by atoms with Gasteiger partial charge in [0.1, 0.15) is 11.6 Å². The van der Waals surface area contributed by atoms with Crippen molar-refractivity contribution in [2.45, 2.75) is 40.0 Å². The molecule has 0 atom stereocenters. The SMILES string of the molecule is CCC(=O)CCOCCOCCOCCOCCOCCC(=O)C(C)C. The van der Waals surface area contributed by atoms with Gasteiger partial charge in [0, 0.05) is 25.2 Å². The summed E-state index contributed by atoms with van der Waals surface area (Å²) < 4.78 is 26.7. The summed E-state index contributed by atoms with van der Waals surface area (Å²) in [6.45, 7) is 10.5. The Hall–Kier alpha value is -0.860. The first-order valence-electron chi connectivity index (χ1n) is 9.51. The van der Waals surface area contributed by atoms with Crippen molar-refractivity contribution in [3.63, 3.8) is 0 Å². The second kappa shape index (κ2) is 18.9. The highest BCUT2D eigenvalue weighted by atomic mass is 16.6. The molecular formula is C19H36O7. The summed E-state index contributed by atoms with van der Waals surface area (Å²) in [6.07, 6.45) is 1.50. The summed E-state index contributed by atoms with van der Waals surface area (Å²) >= 11 is 0. The van der Waals surface area contributed by atoms with Crippen LogP contribution >= 0.6 is 0 Å². The van der Waals surface area contributed by atoms with Crippen molar-refractivity contribution >= 4 is 11.6 Å². The van der Waals surface area contributed by atoms with Crippen LogP contribution in [0.3, 0.4) is 0 Å². The molecule has 0 aromatic carbocycles. The van der Waals surface area contributed by atoms with Crippen LogP contribution in [-0.2, 0) is 33.3 Å². The molecule has 0 aliphatic carbocycles. The Labute approximate surface area is 157 Å². The number of hydrogen-bond donors (Lipinski definition) is 0. The topological polar surface area (TPSA) is 80.3 Å². The molecular weight excluding hydrogens is 340 g/mol. The standard InChI is InChI=1S/C19H36O7/c1-4-18(20)5-7-22-9-11-24-13-15-26-16-14-25-12-10-23-8-6-19(21)17(2)3/h17H,4-16H2,1-3H3. The molecule has 0 fully saturated rings. The zero-order chi connectivity index (χ0) is 19.5. The van der Waals surface area contributed by atoms with Crippen molar-refractivity contribution in [2.24, 2.45) is 5.92 Å². The van der Waals surface area contributed by atoms with Gasteiger partial charge in [0.2, 0.25) is 0 Å². The minimum Gasteiger partial charge on any atom is -0.379 e. The maximum atomic E-state index is 11.4. The number of ether oxygens (including phenoxy) is 5. The molecule has 0 heterocycles. The third-order valence-corrected chi connectivity index (χ3v) is 3.54. The lowest BCUT2D eigenvalue weighted by Crippen LogP contribution is -2.14. The van der Waals surface area contributed by atoms with E-state index in [0.29, 0.717) is 85.3 Å². The molecule has 0 bridgehead atoms. The van der Waals surface area contributed by atoms with E-state index in [2.05, 4.69) is 0 Å². The summed E-state index contributed by atoms with van der Waals surface area (Å²) in [4.78, 5) is 22.4. The van der Waals surface area contributed by atoms with Gasteiger partial charge in [-0.3, -0.25) is 9.59 Å². The summed E-state index contributed by atoms with van der Waals surface area (Å²) in [5.41, 5.74) is 0. The monoisotopic (exact) mass is 376 g/mol. The van der Waals surface area contributed by atoms with Gasteiger partial charge < -0.3 is 23.7 Å². The fourth-order valence-electron chi connectivity index (χ4n) is 1.81. The average molecular weight is 376 g/mol. The molecule has 0 rings (SSSR count). The Morgan fingerprint density at radius 1 is 0.615 bits per heavy atom. The fourth-order valence-corrected chi connectivity index (χ4v) is 1.81. The second-order valence-corrected chi connectivity index (χ2v) is 6.08. The highest BCUT2D eigenvalue weighted by molar-refractivity contribution is 5.80. The Kier molecular flexibility index (Phi) is 18.3. The molecule has 0 spiro atoms. The highest BCUT2D eigenvalue weighted by Gasteiger charge is 2.06. The third kappa shape index (κ3) is 17.9. The van der Waals surface area contributed by atoms with Crippen LogP contribution in [0, 0.1) is 5.92 Å². The van der Waals surface area contributed by atoms with Crippen LogP contribution in [0.25, 0.3) is 0 Å². The van der Waals surface area contributed by atoms with Crippen molar-refractivity contribution < 1.29 is 33.3 Å². The zero-order valence-electron chi connectivity index (χ0n) is 16.6. The second-order valence-electron chi connectivity index (χ2n) is 6.08. The first-order chi connectivity index (χ1) is 12.6. The molecule has 0 saturated carbocycles. The van der Waals surface area contributed by atoms with Crippen molar-refractivity contribution in [3.05, 3.63) is 0 Å². The molecule has 0 unspecified atom stereocenters. The lowest BCUT2D eigenvalue weighted by Gasteiger charge is -2.08. The van der Waals surface area contributed by atoms with Gasteiger partial charge in [-0.25, -0.2) is 0 Å². The maximum Gasteiger partial charge on any atom is 0.137 e. The van der Waals surface area contributed by atoms with Gasteiger partial charge in [-0.1, -0.05) is 20.8 Å². The van der Waals surface area contributed by atoms with E-state index in [0.717, 1.165) is 0 Å². The van der Waals surface area contributed by atoms with Crippen LogP contribution in [0.1, 0.15) is 40.0 Å². The quantitative estimate of drug-likeness (QED) is 0.301. The molecule has 154 valence electrons. The number of rotatable bonds is 20. The van der Waals surface area contributed by atoms with Crippen LogP contribution in [0.2, 0.25) is 0 Å². The fraction of sp³-hybridized carbons (Fsp3) is 0.895. The Morgan fingerprint density at radius 2 is 0.962 bits per heavy atom. The number of hydrogen-bond acceptors (Lipinski definition) is 7. The lowest BCUT2D eigenvalue weighted by atomic mass is 10.1. The van der Waals surface area contributed by atoms with Crippen molar-refractivity contribution in [2.75, 3.05) is 66.1 Å². The van der Waals surface area contributed by atoms with Gasteiger partial charge in [-0.2, -0.15) is 0 Å². The van der Waals surface area contributed by atoms with Gasteiger partial charge in [0.05, 0.1) is 66.1 Å². The molecule has 0 aromatic heterocycles. The summed E-state index contributed by atoms with van der Waals surface area (Å²) in [5.74, 6) is 0.508. The van der Waals surface area contributed by atoms with Gasteiger partial charge in [0.15, 0.2) is 0 Å². The van der Waals surface area contributed by atoms with Crippen LogP contribution in [0.5, 0.6) is 0 Å². The predicted octanol–water partition coefficient (Wildman–Crippen LogP) is 2.05. The Bertz CT molecular complexity index is 345. The number of Topliss-reactive ketones (excluding diaryl/α,β-unsaturated/α-hetero) is 2. The van der Waals surface area contributed by atoms with E-state index in [1.807, 2.05) is 20.8 Å². The molecule has 7 nitrogen and oxygen atoms in total. The van der Waals surface area contributed by atoms with Gasteiger partial charge >= 0.3 is 0 Å². The van der Waals surface area contributed by atoms with Gasteiger partial charge in [-0.05, 0) is 0 Å². The minimum absolute atomic E-state index is 0.0694. The third-order valence-electron chi connectivity index (χ3n) is 3.54. The van der Waals surface area contributed by atoms with E-state index in [-0.39, 0.29) is 17.5 Å². The van der Waals surface area contributed by atoms with Crippen LogP contribution in [0.4, 0.5) is 0 Å². The average Bonchev–Trinajstić information content (AvgIpc) is 2.63. The van der Waals surface area contributed by atoms with Crippen LogP contribution < -0.4 is 0 Å². The van der Waals surface area contributed by atoms with Crippen molar-refractivity contribution in [1.82, 2.24) is 0 Å². The number of ketones is 2. The minimum atomic E-state index is 0.0694. The Balaban J connectivity index is 3.09. The normalized spacial score (nSPS) is 11.2. The summed E-state index contributed by atoms with van der Waals surface area (Å²) in [7, 11) is 0. The van der Waals surface area contributed by atoms with Crippen LogP contribution in [0.15, 0.2) is 0 Å². The van der Waals surface area contributed by atoms with E-state index in [9.17, 15) is 9.59 Å². The van der Waals surface area contributed by atoms with E-state index in [1.165, 1.54) is 0 Å².